The SMILES string of the molecule is O=C(O)CCCS(=O)(=O)NC1CC=CC1. The molecule has 0 aromatic heterocycles. The van der Waals surface area contributed by atoms with Crippen LogP contribution in [0.2, 0.25) is 0 Å². The lowest BCUT2D eigenvalue weighted by Gasteiger charge is -2.11. The average molecular weight is 233 g/mol. The molecule has 0 aromatic rings. The van der Waals surface area contributed by atoms with E-state index < -0.39 is 16.0 Å². The van der Waals surface area contributed by atoms with Crippen molar-refractivity contribution in [3.8, 4) is 0 Å². The third-order valence-corrected chi connectivity index (χ3v) is 3.68. The molecule has 0 spiro atoms. The van der Waals surface area contributed by atoms with Crippen LogP contribution >= 0.6 is 0 Å². The zero-order valence-electron chi connectivity index (χ0n) is 8.35. The molecule has 0 saturated carbocycles. The Kier molecular flexibility index (Phi) is 4.28. The Bertz CT molecular complexity index is 339. The Morgan fingerprint density at radius 3 is 2.53 bits per heavy atom. The van der Waals surface area contributed by atoms with Crippen molar-refractivity contribution in [1.29, 1.82) is 0 Å². The number of sulfonamides is 1. The minimum absolute atomic E-state index is 0.0418. The van der Waals surface area contributed by atoms with Gasteiger partial charge in [-0.2, -0.15) is 0 Å². The van der Waals surface area contributed by atoms with Crippen molar-refractivity contribution in [2.75, 3.05) is 5.75 Å². The van der Waals surface area contributed by atoms with Gasteiger partial charge in [0.15, 0.2) is 0 Å². The summed E-state index contributed by atoms with van der Waals surface area (Å²) in [4.78, 5) is 10.2. The lowest BCUT2D eigenvalue weighted by molar-refractivity contribution is -0.137. The predicted octanol–water partition coefficient (Wildman–Crippen LogP) is 0.489. The summed E-state index contributed by atoms with van der Waals surface area (Å²) < 4.78 is 25.4. The van der Waals surface area contributed by atoms with E-state index in [1.54, 1.807) is 0 Å². The third-order valence-electron chi connectivity index (χ3n) is 2.16. The molecular weight excluding hydrogens is 218 g/mol. The van der Waals surface area contributed by atoms with E-state index in [1.807, 2.05) is 12.2 Å². The Hall–Kier alpha value is -0.880. The third kappa shape index (κ3) is 4.94. The summed E-state index contributed by atoms with van der Waals surface area (Å²) in [7, 11) is -3.31. The maximum atomic E-state index is 11.4. The van der Waals surface area contributed by atoms with Crippen molar-refractivity contribution in [2.45, 2.75) is 31.7 Å². The Morgan fingerprint density at radius 1 is 1.40 bits per heavy atom. The first-order valence-corrected chi connectivity index (χ1v) is 6.51. The molecule has 1 rings (SSSR count). The molecule has 0 fully saturated rings. The monoisotopic (exact) mass is 233 g/mol. The second-order valence-electron chi connectivity index (χ2n) is 3.57. The van der Waals surface area contributed by atoms with E-state index in [4.69, 9.17) is 5.11 Å². The fraction of sp³-hybridized carbons (Fsp3) is 0.667. The molecule has 1 aliphatic rings. The van der Waals surface area contributed by atoms with E-state index in [1.165, 1.54) is 0 Å². The summed E-state index contributed by atoms with van der Waals surface area (Å²) in [5.41, 5.74) is 0. The van der Waals surface area contributed by atoms with E-state index in [0.717, 1.165) is 12.8 Å². The molecule has 5 nitrogen and oxygen atoms in total. The van der Waals surface area contributed by atoms with Gasteiger partial charge in [-0.3, -0.25) is 4.79 Å². The van der Waals surface area contributed by atoms with Crippen LogP contribution in [0.15, 0.2) is 12.2 Å². The number of carboxylic acids is 1. The van der Waals surface area contributed by atoms with Gasteiger partial charge in [0.05, 0.1) is 5.75 Å². The quantitative estimate of drug-likeness (QED) is 0.654. The maximum absolute atomic E-state index is 11.4. The van der Waals surface area contributed by atoms with Crippen molar-refractivity contribution in [1.82, 2.24) is 4.72 Å². The van der Waals surface area contributed by atoms with E-state index in [0.29, 0.717) is 0 Å². The number of hydrogen-bond donors (Lipinski definition) is 2. The molecular formula is C9H15NO4S. The fourth-order valence-corrected chi connectivity index (χ4v) is 2.78. The van der Waals surface area contributed by atoms with Crippen LogP contribution in [0.5, 0.6) is 0 Å². The topological polar surface area (TPSA) is 83.5 Å². The van der Waals surface area contributed by atoms with Crippen molar-refractivity contribution in [3.05, 3.63) is 12.2 Å². The summed E-state index contributed by atoms with van der Waals surface area (Å²) in [6.07, 6.45) is 5.36. The van der Waals surface area contributed by atoms with Crippen LogP contribution in [0.1, 0.15) is 25.7 Å². The molecule has 86 valence electrons. The van der Waals surface area contributed by atoms with Crippen molar-refractivity contribution in [2.24, 2.45) is 0 Å². The number of carbonyl (C=O) groups is 1. The van der Waals surface area contributed by atoms with Crippen LogP contribution in [0.3, 0.4) is 0 Å². The zero-order valence-corrected chi connectivity index (χ0v) is 9.16. The molecule has 2 N–H and O–H groups in total. The summed E-state index contributed by atoms with van der Waals surface area (Å²) in [6, 6.07) is -0.0418. The van der Waals surface area contributed by atoms with Gasteiger partial charge in [0.25, 0.3) is 0 Å². The summed E-state index contributed by atoms with van der Waals surface area (Å²) in [6.45, 7) is 0. The minimum atomic E-state index is -3.31. The van der Waals surface area contributed by atoms with Crippen LogP contribution in [0, 0.1) is 0 Å². The molecule has 0 unspecified atom stereocenters. The molecule has 0 heterocycles. The second-order valence-corrected chi connectivity index (χ2v) is 5.45. The Morgan fingerprint density at radius 2 is 2.00 bits per heavy atom. The number of nitrogens with one attached hydrogen (secondary N) is 1. The lowest BCUT2D eigenvalue weighted by atomic mass is 10.3. The van der Waals surface area contributed by atoms with E-state index in [2.05, 4.69) is 4.72 Å². The number of aliphatic carboxylic acids is 1. The molecule has 0 atom stereocenters. The van der Waals surface area contributed by atoms with Gasteiger partial charge < -0.3 is 5.11 Å². The van der Waals surface area contributed by atoms with Crippen molar-refractivity contribution in [3.63, 3.8) is 0 Å². The van der Waals surface area contributed by atoms with E-state index in [-0.39, 0.29) is 24.6 Å². The zero-order chi connectivity index (χ0) is 11.3. The molecule has 1 aliphatic carbocycles. The van der Waals surface area contributed by atoms with Crippen molar-refractivity contribution >= 4 is 16.0 Å². The highest BCUT2D eigenvalue weighted by Crippen LogP contribution is 2.10. The van der Waals surface area contributed by atoms with E-state index in [9.17, 15) is 13.2 Å². The van der Waals surface area contributed by atoms with Gasteiger partial charge in [-0.25, -0.2) is 13.1 Å². The van der Waals surface area contributed by atoms with Crippen LogP contribution in [-0.2, 0) is 14.8 Å². The lowest BCUT2D eigenvalue weighted by Crippen LogP contribution is -2.34. The molecule has 0 amide bonds. The molecule has 0 radical (unpaired) electrons. The van der Waals surface area contributed by atoms with Gasteiger partial charge >= 0.3 is 5.97 Å². The van der Waals surface area contributed by atoms with Gasteiger partial charge in [0, 0.05) is 12.5 Å². The van der Waals surface area contributed by atoms with Crippen LogP contribution < -0.4 is 4.72 Å². The van der Waals surface area contributed by atoms with Crippen LogP contribution in [0.25, 0.3) is 0 Å². The summed E-state index contributed by atoms with van der Waals surface area (Å²) in [5, 5.41) is 8.37. The van der Waals surface area contributed by atoms with Gasteiger partial charge in [-0.15, -0.1) is 0 Å². The highest BCUT2D eigenvalue weighted by atomic mass is 32.2. The van der Waals surface area contributed by atoms with Gasteiger partial charge in [0.1, 0.15) is 0 Å². The smallest absolute Gasteiger partial charge is 0.303 e. The fourth-order valence-electron chi connectivity index (χ4n) is 1.44. The molecule has 0 aliphatic heterocycles. The number of carboxylic acid groups (broad SMARTS) is 1. The Balaban J connectivity index is 2.28. The summed E-state index contributed by atoms with van der Waals surface area (Å²) >= 11 is 0. The number of rotatable bonds is 6. The number of hydrogen-bond acceptors (Lipinski definition) is 3. The normalized spacial score (nSPS) is 17.1. The molecule has 6 heteroatoms. The van der Waals surface area contributed by atoms with Crippen molar-refractivity contribution < 1.29 is 18.3 Å². The first-order valence-electron chi connectivity index (χ1n) is 4.86. The predicted molar refractivity (Wildman–Crippen MR) is 56.0 cm³/mol. The molecule has 0 bridgehead atoms. The standard InChI is InChI=1S/C9H15NO4S/c11-9(12)6-3-7-15(13,14)10-8-4-1-2-5-8/h1-2,8,10H,3-7H2,(H,11,12). The van der Waals surface area contributed by atoms with Gasteiger partial charge in [0.2, 0.25) is 10.0 Å². The van der Waals surface area contributed by atoms with Crippen LogP contribution in [-0.4, -0.2) is 31.3 Å². The molecule has 0 saturated heterocycles. The van der Waals surface area contributed by atoms with Gasteiger partial charge in [-0.05, 0) is 19.3 Å². The summed E-state index contributed by atoms with van der Waals surface area (Å²) in [5.74, 6) is -1.08. The highest BCUT2D eigenvalue weighted by Gasteiger charge is 2.18. The van der Waals surface area contributed by atoms with Crippen LogP contribution in [0.4, 0.5) is 0 Å². The first kappa shape index (κ1) is 12.2. The van der Waals surface area contributed by atoms with Gasteiger partial charge in [-0.1, -0.05) is 12.2 Å². The molecule has 0 aromatic carbocycles. The maximum Gasteiger partial charge on any atom is 0.303 e. The highest BCUT2D eigenvalue weighted by molar-refractivity contribution is 7.89. The average Bonchev–Trinajstić information content (AvgIpc) is 2.54. The minimum Gasteiger partial charge on any atom is -0.481 e. The first-order chi connectivity index (χ1) is 6.99. The largest absolute Gasteiger partial charge is 0.481 e. The Labute approximate surface area is 89.2 Å². The van der Waals surface area contributed by atoms with E-state index >= 15 is 0 Å². The second kappa shape index (κ2) is 5.27. The molecule has 15 heavy (non-hydrogen) atoms.